The number of nitro benzene ring substituents is 2. The van der Waals surface area contributed by atoms with Gasteiger partial charge in [-0.15, -0.1) is 0 Å². The van der Waals surface area contributed by atoms with E-state index in [2.05, 4.69) is 15.1 Å². The van der Waals surface area contributed by atoms with Crippen LogP contribution in [0.3, 0.4) is 0 Å². The first-order valence-electron chi connectivity index (χ1n) is 7.17. The van der Waals surface area contributed by atoms with Crippen LogP contribution in [0.4, 0.5) is 17.1 Å². The molecule has 1 N–H and O–H groups in total. The number of nitro groups is 2. The van der Waals surface area contributed by atoms with Crippen LogP contribution in [-0.2, 0) is 0 Å². The van der Waals surface area contributed by atoms with Crippen molar-refractivity contribution >= 4 is 17.1 Å². The lowest BCUT2D eigenvalue weighted by molar-refractivity contribution is -0.393. The Hall–Kier alpha value is -2.26. The molecule has 9 nitrogen and oxygen atoms in total. The smallest absolute Gasteiger partial charge is 0.299 e. The predicted octanol–water partition coefficient (Wildman–Crippen LogP) is 0.915. The van der Waals surface area contributed by atoms with E-state index in [1.807, 2.05) is 0 Å². The molecule has 1 unspecified atom stereocenters. The molecule has 118 valence electrons. The van der Waals surface area contributed by atoms with E-state index in [0.717, 1.165) is 38.8 Å². The summed E-state index contributed by atoms with van der Waals surface area (Å²) in [6, 6.07) is 4.01. The third-order valence-corrected chi connectivity index (χ3v) is 4.31. The number of anilines is 1. The highest BCUT2D eigenvalue weighted by molar-refractivity contribution is 5.65. The first-order chi connectivity index (χ1) is 10.5. The summed E-state index contributed by atoms with van der Waals surface area (Å²) in [4.78, 5) is 25.4. The summed E-state index contributed by atoms with van der Waals surface area (Å²) in [5.41, 5.74) is -0.206. The van der Waals surface area contributed by atoms with E-state index in [1.54, 1.807) is 0 Å². The summed E-state index contributed by atoms with van der Waals surface area (Å²) >= 11 is 0. The molecule has 22 heavy (non-hydrogen) atoms. The van der Waals surface area contributed by atoms with Gasteiger partial charge in [0.05, 0.1) is 15.9 Å². The van der Waals surface area contributed by atoms with Crippen LogP contribution in [0.15, 0.2) is 18.2 Å². The Morgan fingerprint density at radius 3 is 2.41 bits per heavy atom. The van der Waals surface area contributed by atoms with Gasteiger partial charge in [0.2, 0.25) is 0 Å². The van der Waals surface area contributed by atoms with Gasteiger partial charge < -0.3 is 5.32 Å². The molecule has 0 saturated carbocycles. The monoisotopic (exact) mass is 307 g/mol. The number of nitrogens with zero attached hydrogens (tertiary/aromatic N) is 4. The molecule has 0 aliphatic carbocycles. The van der Waals surface area contributed by atoms with E-state index in [0.29, 0.717) is 18.3 Å². The summed E-state index contributed by atoms with van der Waals surface area (Å²) in [7, 11) is 0. The molecule has 3 saturated heterocycles. The van der Waals surface area contributed by atoms with Gasteiger partial charge >= 0.3 is 0 Å². The van der Waals surface area contributed by atoms with Gasteiger partial charge in [0.25, 0.3) is 11.4 Å². The van der Waals surface area contributed by atoms with Gasteiger partial charge in [0.15, 0.2) is 0 Å². The second-order valence-electron chi connectivity index (χ2n) is 5.59. The number of non-ortho nitro benzene ring substituents is 1. The molecule has 1 aromatic carbocycles. The number of fused-ring (bicyclic) bond motifs is 3. The Morgan fingerprint density at radius 1 is 1.14 bits per heavy atom. The van der Waals surface area contributed by atoms with Crippen LogP contribution in [0.2, 0.25) is 0 Å². The van der Waals surface area contributed by atoms with Crippen LogP contribution < -0.4 is 5.32 Å². The SMILES string of the molecule is O=[N+]([O-])c1ccc(NCC2CN3CCN2CC3)c([N+](=O)[O-])c1. The lowest BCUT2D eigenvalue weighted by Gasteiger charge is -2.47. The van der Waals surface area contributed by atoms with Crippen molar-refractivity contribution in [2.45, 2.75) is 6.04 Å². The van der Waals surface area contributed by atoms with E-state index in [-0.39, 0.29) is 11.4 Å². The van der Waals surface area contributed by atoms with Crippen LogP contribution >= 0.6 is 0 Å². The Morgan fingerprint density at radius 2 is 1.86 bits per heavy atom. The van der Waals surface area contributed by atoms with Gasteiger partial charge in [0, 0.05) is 51.4 Å². The van der Waals surface area contributed by atoms with Gasteiger partial charge in [0.1, 0.15) is 5.69 Å². The fraction of sp³-hybridized carbons (Fsp3) is 0.538. The quantitative estimate of drug-likeness (QED) is 0.637. The summed E-state index contributed by atoms with van der Waals surface area (Å²) in [6.07, 6.45) is 0. The minimum atomic E-state index is -0.629. The zero-order valence-electron chi connectivity index (χ0n) is 12.0. The van der Waals surface area contributed by atoms with Crippen molar-refractivity contribution in [1.29, 1.82) is 0 Å². The van der Waals surface area contributed by atoms with Crippen LogP contribution in [0.1, 0.15) is 0 Å². The summed E-state index contributed by atoms with van der Waals surface area (Å²) in [5, 5.41) is 24.9. The maximum atomic E-state index is 11.1. The maximum absolute atomic E-state index is 11.1. The third-order valence-electron chi connectivity index (χ3n) is 4.31. The van der Waals surface area contributed by atoms with Crippen molar-refractivity contribution in [3.8, 4) is 0 Å². The summed E-state index contributed by atoms with van der Waals surface area (Å²) in [5.74, 6) is 0. The largest absolute Gasteiger partial charge is 0.378 e. The van der Waals surface area contributed by atoms with Gasteiger partial charge in [-0.05, 0) is 6.07 Å². The molecule has 3 aliphatic heterocycles. The number of piperazine rings is 3. The highest BCUT2D eigenvalue weighted by atomic mass is 16.6. The molecule has 0 amide bonds. The van der Waals surface area contributed by atoms with Gasteiger partial charge in [-0.2, -0.15) is 0 Å². The van der Waals surface area contributed by atoms with Crippen molar-refractivity contribution in [1.82, 2.24) is 9.80 Å². The second kappa shape index (κ2) is 5.85. The highest BCUT2D eigenvalue weighted by Gasteiger charge is 2.32. The van der Waals surface area contributed by atoms with Crippen molar-refractivity contribution in [2.24, 2.45) is 0 Å². The maximum Gasteiger partial charge on any atom is 0.299 e. The Labute approximate surface area is 126 Å². The highest BCUT2D eigenvalue weighted by Crippen LogP contribution is 2.29. The first kappa shape index (κ1) is 14.7. The molecule has 3 heterocycles. The Kier molecular flexibility index (Phi) is 3.90. The Bertz CT molecular complexity index is 600. The lowest BCUT2D eigenvalue weighted by Crippen LogP contribution is -2.62. The van der Waals surface area contributed by atoms with Crippen LogP contribution in [-0.4, -0.2) is 65.0 Å². The Balaban J connectivity index is 1.72. The van der Waals surface area contributed by atoms with Gasteiger partial charge in [-0.25, -0.2) is 0 Å². The number of hydrogen-bond acceptors (Lipinski definition) is 7. The fourth-order valence-electron chi connectivity index (χ4n) is 3.08. The van der Waals surface area contributed by atoms with Crippen LogP contribution in [0.5, 0.6) is 0 Å². The predicted molar refractivity (Wildman–Crippen MR) is 80.0 cm³/mol. The molecule has 9 heteroatoms. The molecular formula is C13H17N5O4. The normalized spacial score (nSPS) is 26.6. The number of nitrogens with one attached hydrogen (secondary N) is 1. The van der Waals surface area contributed by atoms with Gasteiger partial charge in [-0.1, -0.05) is 0 Å². The van der Waals surface area contributed by atoms with Crippen molar-refractivity contribution in [2.75, 3.05) is 44.6 Å². The summed E-state index contributed by atoms with van der Waals surface area (Å²) < 4.78 is 0. The first-order valence-corrected chi connectivity index (χ1v) is 7.17. The molecule has 1 atom stereocenters. The van der Waals surface area contributed by atoms with E-state index < -0.39 is 9.85 Å². The molecule has 4 rings (SSSR count). The zero-order chi connectivity index (χ0) is 15.7. The molecule has 3 fully saturated rings. The minimum Gasteiger partial charge on any atom is -0.378 e. The molecular weight excluding hydrogens is 290 g/mol. The standard InChI is InChI=1S/C13H17N5O4/c19-17(20)10-1-2-12(13(7-10)18(21)22)14-8-11-9-15-3-5-16(11)6-4-15/h1-2,7,11,14H,3-6,8-9H2. The lowest BCUT2D eigenvalue weighted by atomic mass is 10.1. The summed E-state index contributed by atoms with van der Waals surface area (Å²) in [6.45, 7) is 5.74. The third kappa shape index (κ3) is 2.85. The number of hydrogen-bond donors (Lipinski definition) is 1. The van der Waals surface area contributed by atoms with Crippen molar-refractivity contribution in [3.05, 3.63) is 38.4 Å². The zero-order valence-corrected chi connectivity index (χ0v) is 12.0. The van der Waals surface area contributed by atoms with E-state index in [9.17, 15) is 20.2 Å². The van der Waals surface area contributed by atoms with Gasteiger partial charge in [-0.3, -0.25) is 30.0 Å². The number of benzene rings is 1. The fourth-order valence-corrected chi connectivity index (χ4v) is 3.08. The molecule has 3 aliphatic rings. The van der Waals surface area contributed by atoms with E-state index in [4.69, 9.17) is 0 Å². The number of rotatable bonds is 5. The second-order valence-corrected chi connectivity index (χ2v) is 5.59. The molecule has 2 bridgehead atoms. The van der Waals surface area contributed by atoms with E-state index >= 15 is 0 Å². The van der Waals surface area contributed by atoms with Crippen LogP contribution in [0, 0.1) is 20.2 Å². The molecule has 0 radical (unpaired) electrons. The minimum absolute atomic E-state index is 0.259. The average molecular weight is 307 g/mol. The molecule has 1 aromatic rings. The van der Waals surface area contributed by atoms with Crippen LogP contribution in [0.25, 0.3) is 0 Å². The van der Waals surface area contributed by atoms with E-state index in [1.165, 1.54) is 12.1 Å². The molecule has 0 spiro atoms. The average Bonchev–Trinajstić information content (AvgIpc) is 2.53. The van der Waals surface area contributed by atoms with Crippen molar-refractivity contribution in [3.63, 3.8) is 0 Å². The van der Waals surface area contributed by atoms with Crippen molar-refractivity contribution < 1.29 is 9.85 Å². The molecule has 0 aromatic heterocycles. The topological polar surface area (TPSA) is 105 Å².